The predicted molar refractivity (Wildman–Crippen MR) is 383 cm³/mol. The summed E-state index contributed by atoms with van der Waals surface area (Å²) >= 11 is 0. The van der Waals surface area contributed by atoms with Crippen molar-refractivity contribution in [3.63, 3.8) is 0 Å². The number of anilines is 9. The summed E-state index contributed by atoms with van der Waals surface area (Å²) in [5.74, 6) is 0. The summed E-state index contributed by atoms with van der Waals surface area (Å²) in [5, 5.41) is 0. The molecule has 0 saturated carbocycles. The van der Waals surface area contributed by atoms with Crippen molar-refractivity contribution in [2.45, 2.75) is 163 Å². The van der Waals surface area contributed by atoms with Gasteiger partial charge in [0.15, 0.2) is 0 Å². The van der Waals surface area contributed by atoms with Crippen molar-refractivity contribution in [1.29, 1.82) is 0 Å². The molecule has 2 heterocycles. The SMILES string of the molecule is Cc1cc2c3c(c1)N(c1ccc(C(C)(C)C)cc1-c1ccccc1)c1ccc(N(c4ccc(C(C)(C)C)cc4)c4ccc(C(C)(C)C)cc4)cc1B3c1cc3c(cc1N2c1ccc2c(c1)C(C)(C)c1ccccc1C2(C)C)C(C)(C)c1ccccc1C3(C)C. The van der Waals surface area contributed by atoms with Crippen LogP contribution in [0, 0.1) is 6.92 Å². The first-order valence-electron chi connectivity index (χ1n) is 32.6. The lowest BCUT2D eigenvalue weighted by atomic mass is 9.33. The number of benzene rings is 10. The van der Waals surface area contributed by atoms with E-state index in [0.29, 0.717) is 0 Å². The van der Waals surface area contributed by atoms with Crippen LogP contribution in [0.5, 0.6) is 0 Å². The molecule has 0 amide bonds. The Bertz CT molecular complexity index is 4440. The number of hydrogen-bond acceptors (Lipinski definition) is 3. The largest absolute Gasteiger partial charge is 0.311 e. The highest BCUT2D eigenvalue weighted by Gasteiger charge is 2.49. The van der Waals surface area contributed by atoms with Gasteiger partial charge in [-0.05, 0) is 197 Å². The lowest BCUT2D eigenvalue weighted by Gasteiger charge is -2.49. The first-order chi connectivity index (χ1) is 42.0. The number of hydrogen-bond donors (Lipinski definition) is 0. The summed E-state index contributed by atoms with van der Waals surface area (Å²) in [6.07, 6.45) is 0. The molecule has 2 aliphatic heterocycles. The van der Waals surface area contributed by atoms with Gasteiger partial charge in [-0.25, -0.2) is 0 Å². The van der Waals surface area contributed by atoms with E-state index >= 15 is 0 Å². The molecule has 0 radical (unpaired) electrons. The van der Waals surface area contributed by atoms with Crippen LogP contribution >= 0.6 is 0 Å². The molecule has 10 aromatic carbocycles. The highest BCUT2D eigenvalue weighted by atomic mass is 15.2. The van der Waals surface area contributed by atoms with Gasteiger partial charge in [-0.1, -0.05) is 239 Å². The number of fused-ring (bicyclic) bond motifs is 8. The predicted octanol–water partition coefficient (Wildman–Crippen LogP) is 21.0. The van der Waals surface area contributed by atoms with Crippen LogP contribution in [0.2, 0.25) is 0 Å². The molecule has 3 nitrogen and oxygen atoms in total. The van der Waals surface area contributed by atoms with Gasteiger partial charge in [0.05, 0.1) is 5.69 Å². The van der Waals surface area contributed by atoms with E-state index in [0.717, 1.165) is 22.7 Å². The molecular formula is C85H88BN3. The summed E-state index contributed by atoms with van der Waals surface area (Å²) in [5.41, 5.74) is 32.2. The molecule has 0 fully saturated rings. The van der Waals surface area contributed by atoms with Gasteiger partial charge in [0, 0.05) is 72.7 Å². The third-order valence-electron chi connectivity index (χ3n) is 21.3. The van der Waals surface area contributed by atoms with E-state index in [2.05, 4.69) is 346 Å². The van der Waals surface area contributed by atoms with Gasteiger partial charge >= 0.3 is 0 Å². The Labute approximate surface area is 532 Å². The van der Waals surface area contributed by atoms with Gasteiger partial charge in [-0.2, -0.15) is 0 Å². The van der Waals surface area contributed by atoms with E-state index in [9.17, 15) is 0 Å². The summed E-state index contributed by atoms with van der Waals surface area (Å²) in [4.78, 5) is 7.85. The van der Waals surface area contributed by atoms with Gasteiger partial charge < -0.3 is 14.7 Å². The van der Waals surface area contributed by atoms with Crippen molar-refractivity contribution in [1.82, 2.24) is 0 Å². The third kappa shape index (κ3) is 9.03. The number of nitrogens with zero attached hydrogens (tertiary/aromatic N) is 3. The third-order valence-corrected chi connectivity index (χ3v) is 21.3. The normalized spacial score (nSPS) is 16.3. The van der Waals surface area contributed by atoms with E-state index < -0.39 is 0 Å². The Hall–Kier alpha value is -8.34. The van der Waals surface area contributed by atoms with Crippen molar-refractivity contribution in [3.05, 3.63) is 273 Å². The highest BCUT2D eigenvalue weighted by Crippen LogP contribution is 2.56. The van der Waals surface area contributed by atoms with Crippen LogP contribution in [-0.2, 0) is 37.9 Å². The fourth-order valence-electron chi connectivity index (χ4n) is 16.1. The molecule has 4 heteroatoms. The standard InChI is InChI=1S/C85H88BN3/c1-53-46-76-78-77(47-53)89(73-44-36-57(81(8,9)10)48-62(73)54-26-20-19-21-27-54)74-45-42-61(87(58-37-32-55(33-38-58)79(2,3)4)59-39-34-56(35-40-59)80(5,6)7)50-71(74)86(78)72-51-69-70(85(17,18)66-31-25-24-30-65(66)84(69,15)16)52-75(72)88(76)60-41-43-67-68(49-60)83(13,14)64-29-23-22-28-63(64)82(67,11)12/h19-52H,1-18H3. The van der Waals surface area contributed by atoms with Crippen LogP contribution in [0.1, 0.15) is 184 Å². The molecule has 0 N–H and O–H groups in total. The Balaban J connectivity index is 1.10. The first-order valence-corrected chi connectivity index (χ1v) is 32.6. The van der Waals surface area contributed by atoms with Crippen molar-refractivity contribution in [2.75, 3.05) is 14.7 Å². The number of aryl methyl sites for hydroxylation is 1. The monoisotopic (exact) mass is 1160 g/mol. The molecule has 0 aromatic heterocycles. The first kappa shape index (κ1) is 58.4. The Morgan fingerprint density at radius 2 is 0.742 bits per heavy atom. The van der Waals surface area contributed by atoms with Gasteiger partial charge in [-0.3, -0.25) is 0 Å². The molecule has 2 aliphatic carbocycles. The number of rotatable bonds is 6. The molecule has 0 bridgehead atoms. The molecule has 446 valence electrons. The minimum absolute atomic E-state index is 0.00473. The highest BCUT2D eigenvalue weighted by molar-refractivity contribution is 7.00. The second-order valence-electron chi connectivity index (χ2n) is 31.6. The molecule has 0 unspecified atom stereocenters. The van der Waals surface area contributed by atoms with Crippen LogP contribution in [0.15, 0.2) is 206 Å². The van der Waals surface area contributed by atoms with Crippen molar-refractivity contribution in [2.24, 2.45) is 0 Å². The van der Waals surface area contributed by atoms with Crippen LogP contribution in [0.4, 0.5) is 51.2 Å². The second kappa shape index (κ2) is 19.8. The van der Waals surface area contributed by atoms with Gasteiger partial charge in [0.2, 0.25) is 0 Å². The van der Waals surface area contributed by atoms with Crippen LogP contribution < -0.4 is 31.1 Å². The van der Waals surface area contributed by atoms with Gasteiger partial charge in [0.1, 0.15) is 0 Å². The average Bonchev–Trinajstić information content (AvgIpc) is 0.704. The van der Waals surface area contributed by atoms with E-state index in [-0.39, 0.29) is 44.6 Å². The van der Waals surface area contributed by atoms with Crippen molar-refractivity contribution < 1.29 is 0 Å². The minimum Gasteiger partial charge on any atom is -0.311 e. The molecule has 0 spiro atoms. The summed E-state index contributed by atoms with van der Waals surface area (Å²) in [6, 6.07) is 80.8. The molecule has 0 atom stereocenters. The molecule has 14 rings (SSSR count). The van der Waals surface area contributed by atoms with Gasteiger partial charge in [0.25, 0.3) is 6.71 Å². The zero-order valence-electron chi connectivity index (χ0n) is 56.0. The Kier molecular flexibility index (Phi) is 13.0. The van der Waals surface area contributed by atoms with Crippen LogP contribution in [0.3, 0.4) is 0 Å². The maximum atomic E-state index is 2.69. The fourth-order valence-corrected chi connectivity index (χ4v) is 16.1. The molecule has 0 saturated heterocycles. The lowest BCUT2D eigenvalue weighted by molar-refractivity contribution is 0.520. The molecule has 4 aliphatic rings. The topological polar surface area (TPSA) is 9.72 Å². The fraction of sp³-hybridized carbons (Fsp3) is 0.294. The van der Waals surface area contributed by atoms with Crippen LogP contribution in [-0.4, -0.2) is 6.71 Å². The molecule has 10 aromatic rings. The van der Waals surface area contributed by atoms with E-state index in [4.69, 9.17) is 0 Å². The smallest absolute Gasteiger partial charge is 0.252 e. The van der Waals surface area contributed by atoms with E-state index in [1.807, 2.05) is 0 Å². The van der Waals surface area contributed by atoms with E-state index in [1.165, 1.54) is 123 Å². The summed E-state index contributed by atoms with van der Waals surface area (Å²) in [7, 11) is 0. The summed E-state index contributed by atoms with van der Waals surface area (Å²) in [6.45, 7) is 42.6. The average molecular weight is 1160 g/mol. The Morgan fingerprint density at radius 3 is 1.26 bits per heavy atom. The lowest BCUT2D eigenvalue weighted by Crippen LogP contribution is -2.62. The maximum absolute atomic E-state index is 2.69. The molecular weight excluding hydrogens is 1070 g/mol. The molecule has 89 heavy (non-hydrogen) atoms. The minimum atomic E-state index is -0.285. The van der Waals surface area contributed by atoms with E-state index in [1.54, 1.807) is 0 Å². The Morgan fingerprint density at radius 1 is 0.326 bits per heavy atom. The zero-order valence-corrected chi connectivity index (χ0v) is 56.0. The quantitative estimate of drug-likeness (QED) is 0.154. The maximum Gasteiger partial charge on any atom is 0.252 e. The van der Waals surface area contributed by atoms with Crippen molar-refractivity contribution in [3.8, 4) is 11.1 Å². The zero-order chi connectivity index (χ0) is 62.9. The summed E-state index contributed by atoms with van der Waals surface area (Å²) < 4.78 is 0. The van der Waals surface area contributed by atoms with Gasteiger partial charge in [-0.15, -0.1) is 0 Å². The van der Waals surface area contributed by atoms with Crippen LogP contribution in [0.25, 0.3) is 11.1 Å². The second-order valence-corrected chi connectivity index (χ2v) is 31.6. The van der Waals surface area contributed by atoms with Crippen molar-refractivity contribution >= 4 is 74.3 Å².